The molecule has 1 N–H and O–H groups in total. The number of nitrogens with zero attached hydrogens (tertiary/aromatic N) is 4. The smallest absolute Gasteiger partial charge is 0.253 e. The SMILES string of the molecule is O=C(c1ccncc1)N1CCC2C(CCC(=O)N2CCc2cnc[nH]2)C1. The molecule has 2 amide bonds. The van der Waals surface area contributed by atoms with Gasteiger partial charge in [-0.1, -0.05) is 0 Å². The zero-order valence-electron chi connectivity index (χ0n) is 14.7. The molecule has 4 heterocycles. The molecule has 0 spiro atoms. The summed E-state index contributed by atoms with van der Waals surface area (Å²) in [5, 5.41) is 0. The van der Waals surface area contributed by atoms with E-state index in [0.29, 0.717) is 31.0 Å². The van der Waals surface area contributed by atoms with E-state index in [1.165, 1.54) is 0 Å². The summed E-state index contributed by atoms with van der Waals surface area (Å²) in [6.07, 6.45) is 9.84. The number of nitrogens with one attached hydrogen (secondary N) is 1. The Labute approximate surface area is 152 Å². The molecule has 0 saturated carbocycles. The third kappa shape index (κ3) is 3.34. The van der Waals surface area contributed by atoms with E-state index < -0.39 is 0 Å². The molecule has 26 heavy (non-hydrogen) atoms. The van der Waals surface area contributed by atoms with Gasteiger partial charge in [-0.05, 0) is 30.9 Å². The van der Waals surface area contributed by atoms with Crippen molar-refractivity contribution in [3.05, 3.63) is 48.3 Å². The molecule has 0 bridgehead atoms. The molecule has 2 unspecified atom stereocenters. The van der Waals surface area contributed by atoms with Gasteiger partial charge in [-0.2, -0.15) is 0 Å². The van der Waals surface area contributed by atoms with Gasteiger partial charge in [0.1, 0.15) is 0 Å². The van der Waals surface area contributed by atoms with Crippen LogP contribution in [-0.4, -0.2) is 62.2 Å². The molecule has 0 aliphatic carbocycles. The summed E-state index contributed by atoms with van der Waals surface area (Å²) < 4.78 is 0. The number of hydrogen-bond donors (Lipinski definition) is 1. The van der Waals surface area contributed by atoms with Crippen LogP contribution in [0.2, 0.25) is 0 Å². The van der Waals surface area contributed by atoms with Gasteiger partial charge >= 0.3 is 0 Å². The maximum atomic E-state index is 12.7. The van der Waals surface area contributed by atoms with Crippen molar-refractivity contribution >= 4 is 11.8 Å². The highest BCUT2D eigenvalue weighted by atomic mass is 16.2. The fourth-order valence-electron chi connectivity index (χ4n) is 4.17. The van der Waals surface area contributed by atoms with Crippen LogP contribution in [0, 0.1) is 5.92 Å². The Morgan fingerprint density at radius 1 is 1.23 bits per heavy atom. The van der Waals surface area contributed by atoms with Crippen molar-refractivity contribution in [2.75, 3.05) is 19.6 Å². The molecule has 2 atom stereocenters. The number of H-pyrrole nitrogens is 1. The molecule has 2 saturated heterocycles. The lowest BCUT2D eigenvalue weighted by Crippen LogP contribution is -2.57. The van der Waals surface area contributed by atoms with Gasteiger partial charge < -0.3 is 14.8 Å². The van der Waals surface area contributed by atoms with Gasteiger partial charge in [-0.25, -0.2) is 4.98 Å². The van der Waals surface area contributed by atoms with Crippen LogP contribution in [0.4, 0.5) is 0 Å². The first-order valence-electron chi connectivity index (χ1n) is 9.18. The molecule has 2 fully saturated rings. The highest BCUT2D eigenvalue weighted by Gasteiger charge is 2.40. The van der Waals surface area contributed by atoms with E-state index in [1.807, 2.05) is 16.0 Å². The van der Waals surface area contributed by atoms with E-state index >= 15 is 0 Å². The Hall–Kier alpha value is -2.70. The predicted octanol–water partition coefficient (Wildman–Crippen LogP) is 1.50. The molecule has 4 rings (SSSR count). The van der Waals surface area contributed by atoms with Gasteiger partial charge in [0.2, 0.25) is 5.91 Å². The second-order valence-electron chi connectivity index (χ2n) is 7.06. The van der Waals surface area contributed by atoms with E-state index in [-0.39, 0.29) is 17.9 Å². The quantitative estimate of drug-likeness (QED) is 0.903. The van der Waals surface area contributed by atoms with Crippen LogP contribution in [-0.2, 0) is 11.2 Å². The van der Waals surface area contributed by atoms with Crippen molar-refractivity contribution in [1.29, 1.82) is 0 Å². The fraction of sp³-hybridized carbons (Fsp3) is 0.474. The number of fused-ring (bicyclic) bond motifs is 1. The van der Waals surface area contributed by atoms with Gasteiger partial charge in [-0.3, -0.25) is 14.6 Å². The standard InChI is InChI=1S/C19H23N5O2/c25-18-2-1-15-12-23(19(26)14-3-7-20-8-4-14)9-6-17(15)24(18)10-5-16-11-21-13-22-16/h3-4,7-8,11,13,15,17H,1-2,5-6,9-10,12H2,(H,21,22). The molecule has 2 aromatic rings. The molecule has 7 nitrogen and oxygen atoms in total. The van der Waals surface area contributed by atoms with Crippen molar-refractivity contribution in [2.24, 2.45) is 5.92 Å². The van der Waals surface area contributed by atoms with E-state index in [0.717, 1.165) is 31.5 Å². The summed E-state index contributed by atoms with van der Waals surface area (Å²) in [5.74, 6) is 0.653. The normalized spacial score (nSPS) is 23.0. The topological polar surface area (TPSA) is 82.2 Å². The molecular weight excluding hydrogens is 330 g/mol. The lowest BCUT2D eigenvalue weighted by Gasteiger charge is -2.47. The maximum absolute atomic E-state index is 12.7. The number of aromatic amines is 1. The van der Waals surface area contributed by atoms with E-state index in [4.69, 9.17) is 0 Å². The average Bonchev–Trinajstić information content (AvgIpc) is 3.20. The summed E-state index contributed by atoms with van der Waals surface area (Å²) in [6.45, 7) is 2.12. The van der Waals surface area contributed by atoms with E-state index in [2.05, 4.69) is 15.0 Å². The molecule has 2 aliphatic heterocycles. The largest absolute Gasteiger partial charge is 0.348 e. The molecule has 0 aromatic carbocycles. The van der Waals surface area contributed by atoms with E-state index in [9.17, 15) is 9.59 Å². The summed E-state index contributed by atoms with van der Waals surface area (Å²) in [4.78, 5) is 40.2. The van der Waals surface area contributed by atoms with Crippen molar-refractivity contribution in [3.8, 4) is 0 Å². The minimum atomic E-state index is 0.0618. The zero-order valence-corrected chi connectivity index (χ0v) is 14.7. The Bertz CT molecular complexity index is 762. The zero-order chi connectivity index (χ0) is 17.9. The number of likely N-dealkylation sites (tertiary alicyclic amines) is 2. The number of piperidine rings is 2. The second kappa shape index (κ2) is 7.27. The monoisotopic (exact) mass is 353 g/mol. The van der Waals surface area contributed by atoms with Crippen molar-refractivity contribution in [1.82, 2.24) is 24.8 Å². The van der Waals surface area contributed by atoms with Crippen molar-refractivity contribution < 1.29 is 9.59 Å². The van der Waals surface area contributed by atoms with Crippen molar-refractivity contribution in [3.63, 3.8) is 0 Å². The van der Waals surface area contributed by atoms with Crippen LogP contribution >= 0.6 is 0 Å². The third-order valence-electron chi connectivity index (χ3n) is 5.53. The number of amides is 2. The lowest BCUT2D eigenvalue weighted by molar-refractivity contribution is -0.140. The van der Waals surface area contributed by atoms with Crippen LogP contribution in [0.1, 0.15) is 35.3 Å². The minimum absolute atomic E-state index is 0.0618. The fourth-order valence-corrected chi connectivity index (χ4v) is 4.17. The maximum Gasteiger partial charge on any atom is 0.253 e. The molecule has 2 aromatic heterocycles. The Morgan fingerprint density at radius 2 is 2.08 bits per heavy atom. The Morgan fingerprint density at radius 3 is 2.85 bits per heavy atom. The van der Waals surface area contributed by atoms with Crippen molar-refractivity contribution in [2.45, 2.75) is 31.7 Å². The Balaban J connectivity index is 1.41. The number of rotatable bonds is 4. The molecule has 7 heteroatoms. The second-order valence-corrected chi connectivity index (χ2v) is 7.06. The number of carbonyl (C=O) groups is 2. The van der Waals surface area contributed by atoms with Gasteiger partial charge in [0, 0.05) is 68.4 Å². The molecule has 0 radical (unpaired) electrons. The van der Waals surface area contributed by atoms with Crippen LogP contribution in [0.15, 0.2) is 37.1 Å². The molecule has 136 valence electrons. The van der Waals surface area contributed by atoms with Gasteiger partial charge in [0.15, 0.2) is 0 Å². The Kier molecular flexibility index (Phi) is 4.69. The van der Waals surface area contributed by atoms with Gasteiger partial charge in [0.05, 0.1) is 6.33 Å². The third-order valence-corrected chi connectivity index (χ3v) is 5.53. The van der Waals surface area contributed by atoms with Crippen LogP contribution in [0.25, 0.3) is 0 Å². The summed E-state index contributed by atoms with van der Waals surface area (Å²) in [5.41, 5.74) is 1.73. The van der Waals surface area contributed by atoms with Crippen LogP contribution < -0.4 is 0 Å². The number of hydrogen-bond acceptors (Lipinski definition) is 4. The van der Waals surface area contributed by atoms with Crippen LogP contribution in [0.3, 0.4) is 0 Å². The highest BCUT2D eigenvalue weighted by Crippen LogP contribution is 2.32. The minimum Gasteiger partial charge on any atom is -0.348 e. The first-order valence-corrected chi connectivity index (χ1v) is 9.18. The lowest BCUT2D eigenvalue weighted by atomic mass is 9.83. The molecule has 2 aliphatic rings. The first-order chi connectivity index (χ1) is 12.7. The number of pyridine rings is 1. The first kappa shape index (κ1) is 16.8. The number of carbonyl (C=O) groups excluding carboxylic acids is 2. The number of aromatic nitrogens is 3. The van der Waals surface area contributed by atoms with Gasteiger partial charge in [-0.15, -0.1) is 0 Å². The van der Waals surface area contributed by atoms with E-state index in [1.54, 1.807) is 30.9 Å². The highest BCUT2D eigenvalue weighted by molar-refractivity contribution is 5.94. The molecular formula is C19H23N5O2. The van der Waals surface area contributed by atoms with Crippen LogP contribution in [0.5, 0.6) is 0 Å². The summed E-state index contributed by atoms with van der Waals surface area (Å²) in [7, 11) is 0. The summed E-state index contributed by atoms with van der Waals surface area (Å²) >= 11 is 0. The predicted molar refractivity (Wildman–Crippen MR) is 95.3 cm³/mol. The number of imidazole rings is 1. The summed E-state index contributed by atoms with van der Waals surface area (Å²) in [6, 6.07) is 3.76. The average molecular weight is 353 g/mol. The van der Waals surface area contributed by atoms with Gasteiger partial charge in [0.25, 0.3) is 5.91 Å².